The van der Waals surface area contributed by atoms with Crippen molar-refractivity contribution in [3.05, 3.63) is 63.2 Å². The van der Waals surface area contributed by atoms with Gasteiger partial charge in [0.2, 0.25) is 0 Å². The number of aromatic hydroxyl groups is 1. The minimum Gasteiger partial charge on any atom is -0.507 e. The first-order valence-electron chi connectivity index (χ1n) is 7.07. The molecule has 0 unspecified atom stereocenters. The van der Waals surface area contributed by atoms with Gasteiger partial charge in [-0.2, -0.15) is 0 Å². The van der Waals surface area contributed by atoms with Gasteiger partial charge in [0, 0.05) is 12.0 Å². The Morgan fingerprint density at radius 3 is 2.38 bits per heavy atom. The number of rotatable bonds is 5. The summed E-state index contributed by atoms with van der Waals surface area (Å²) in [6.45, 7) is 1.52. The van der Waals surface area contributed by atoms with Gasteiger partial charge in [0.25, 0.3) is 0 Å². The van der Waals surface area contributed by atoms with Crippen LogP contribution in [0.15, 0.2) is 39.5 Å². The zero-order chi connectivity index (χ0) is 17.9. The normalized spacial score (nSPS) is 11.8. The summed E-state index contributed by atoms with van der Waals surface area (Å²) in [5.41, 5.74) is -0.287. The maximum absolute atomic E-state index is 12.1. The number of ether oxygens (including phenoxy) is 1. The van der Waals surface area contributed by atoms with Gasteiger partial charge in [0.15, 0.2) is 0 Å². The molecule has 2 N–H and O–H groups in total. The average molecular weight is 332 g/mol. The minimum atomic E-state index is -1.09. The predicted octanol–water partition coefficient (Wildman–Crippen LogP) is 2.05. The van der Waals surface area contributed by atoms with E-state index in [0.717, 1.165) is 0 Å². The summed E-state index contributed by atoms with van der Waals surface area (Å²) in [6, 6.07) is 6.96. The topological polar surface area (TPSA) is 114 Å². The van der Waals surface area contributed by atoms with Crippen LogP contribution < -0.4 is 5.63 Å². The van der Waals surface area contributed by atoms with Crippen LogP contribution in [0.5, 0.6) is 5.75 Å². The fraction of sp³-hybridized carbons (Fsp3) is 0.235. The molecular weight excluding hydrogens is 316 g/mol. The van der Waals surface area contributed by atoms with Crippen LogP contribution in [0, 0.1) is 6.92 Å². The fourth-order valence-corrected chi connectivity index (χ4v) is 2.42. The largest absolute Gasteiger partial charge is 0.507 e. The van der Waals surface area contributed by atoms with Gasteiger partial charge in [0.1, 0.15) is 11.5 Å². The van der Waals surface area contributed by atoms with E-state index in [-0.39, 0.29) is 29.1 Å². The monoisotopic (exact) mass is 332 g/mol. The van der Waals surface area contributed by atoms with Gasteiger partial charge in [-0.05, 0) is 24.6 Å². The molecule has 0 saturated carbocycles. The SMILES string of the molecule is COC(=O)C[C@@H](c1ccc(C(=O)O)cc1)c1c(O)cc(C)oc1=O. The molecule has 7 heteroatoms. The lowest BCUT2D eigenvalue weighted by molar-refractivity contribution is -0.140. The Balaban J connectivity index is 2.55. The van der Waals surface area contributed by atoms with Crippen molar-refractivity contribution >= 4 is 11.9 Å². The second kappa shape index (κ2) is 6.99. The quantitative estimate of drug-likeness (QED) is 0.805. The Morgan fingerprint density at radius 1 is 1.25 bits per heavy atom. The lowest BCUT2D eigenvalue weighted by Gasteiger charge is -2.17. The number of carboxylic acid groups (broad SMARTS) is 1. The van der Waals surface area contributed by atoms with Gasteiger partial charge in [-0.3, -0.25) is 4.79 Å². The third-order valence-electron chi connectivity index (χ3n) is 3.60. The Kier molecular flexibility index (Phi) is 5.03. The number of aromatic carboxylic acids is 1. The highest BCUT2D eigenvalue weighted by atomic mass is 16.5. The first kappa shape index (κ1) is 17.3. The van der Waals surface area contributed by atoms with Crippen molar-refractivity contribution in [3.63, 3.8) is 0 Å². The first-order valence-corrected chi connectivity index (χ1v) is 7.07. The zero-order valence-corrected chi connectivity index (χ0v) is 13.1. The molecule has 0 aliphatic rings. The standard InChI is InChI=1S/C17H16O7/c1-9-7-13(18)15(17(22)24-9)12(8-14(19)23-2)10-3-5-11(6-4-10)16(20)21/h3-7,12,18H,8H2,1-2H3,(H,20,21)/t12-/m0/s1. The second-order valence-electron chi connectivity index (χ2n) is 5.20. The van der Waals surface area contributed by atoms with Crippen molar-refractivity contribution in [1.82, 2.24) is 0 Å². The number of esters is 1. The number of aryl methyl sites for hydroxylation is 1. The van der Waals surface area contributed by atoms with E-state index in [2.05, 4.69) is 4.74 Å². The highest BCUT2D eigenvalue weighted by molar-refractivity contribution is 5.87. The Hall–Kier alpha value is -3.09. The van der Waals surface area contributed by atoms with Crippen LogP contribution in [0.3, 0.4) is 0 Å². The van der Waals surface area contributed by atoms with Crippen LogP contribution in [0.4, 0.5) is 0 Å². The first-order chi connectivity index (χ1) is 11.3. The van der Waals surface area contributed by atoms with E-state index in [9.17, 15) is 19.5 Å². The van der Waals surface area contributed by atoms with Crippen molar-refractivity contribution in [2.75, 3.05) is 7.11 Å². The molecule has 1 heterocycles. The number of hydrogen-bond acceptors (Lipinski definition) is 6. The van der Waals surface area contributed by atoms with Gasteiger partial charge < -0.3 is 19.4 Å². The minimum absolute atomic E-state index is 0.0655. The molecule has 0 bridgehead atoms. The number of methoxy groups -OCH3 is 1. The zero-order valence-electron chi connectivity index (χ0n) is 13.1. The van der Waals surface area contributed by atoms with Crippen LogP contribution in [-0.4, -0.2) is 29.3 Å². The second-order valence-corrected chi connectivity index (χ2v) is 5.20. The Labute approximate surface area is 137 Å². The average Bonchev–Trinajstić information content (AvgIpc) is 2.52. The number of carbonyl (C=O) groups is 2. The molecule has 2 rings (SSSR count). The van der Waals surface area contributed by atoms with Gasteiger partial charge in [-0.1, -0.05) is 12.1 Å². The van der Waals surface area contributed by atoms with E-state index >= 15 is 0 Å². The Morgan fingerprint density at radius 2 is 1.88 bits per heavy atom. The van der Waals surface area contributed by atoms with Crippen LogP contribution >= 0.6 is 0 Å². The lowest BCUT2D eigenvalue weighted by Crippen LogP contribution is -2.18. The number of carboxylic acids is 1. The van der Waals surface area contributed by atoms with Crippen molar-refractivity contribution in [1.29, 1.82) is 0 Å². The summed E-state index contributed by atoms with van der Waals surface area (Å²) in [5, 5.41) is 19.1. The molecule has 7 nitrogen and oxygen atoms in total. The lowest BCUT2D eigenvalue weighted by atomic mass is 9.88. The maximum Gasteiger partial charge on any atom is 0.343 e. The van der Waals surface area contributed by atoms with Crippen LogP contribution in [0.1, 0.15) is 39.6 Å². The van der Waals surface area contributed by atoms with Gasteiger partial charge in [0.05, 0.1) is 24.7 Å². The fourth-order valence-electron chi connectivity index (χ4n) is 2.42. The molecule has 24 heavy (non-hydrogen) atoms. The predicted molar refractivity (Wildman–Crippen MR) is 83.3 cm³/mol. The summed E-state index contributed by atoms with van der Waals surface area (Å²) >= 11 is 0. The molecule has 0 aliphatic carbocycles. The molecule has 1 aromatic carbocycles. The highest BCUT2D eigenvalue weighted by Crippen LogP contribution is 2.32. The summed E-state index contributed by atoms with van der Waals surface area (Å²) in [7, 11) is 1.21. The van der Waals surface area contributed by atoms with Gasteiger partial charge in [-0.15, -0.1) is 0 Å². The molecular formula is C17H16O7. The molecule has 126 valence electrons. The summed E-state index contributed by atoms with van der Waals surface area (Å²) in [6.07, 6.45) is -0.204. The van der Waals surface area contributed by atoms with E-state index in [0.29, 0.717) is 5.56 Å². The summed E-state index contributed by atoms with van der Waals surface area (Å²) in [4.78, 5) is 34.8. The Bertz CT molecular complexity index is 818. The number of carbonyl (C=O) groups excluding carboxylic acids is 1. The summed E-state index contributed by atoms with van der Waals surface area (Å²) in [5.74, 6) is -2.55. The molecule has 0 radical (unpaired) electrons. The van der Waals surface area contributed by atoms with Crippen LogP contribution in [0.2, 0.25) is 0 Å². The third kappa shape index (κ3) is 3.62. The molecule has 1 atom stereocenters. The van der Waals surface area contributed by atoms with Crippen LogP contribution in [0.25, 0.3) is 0 Å². The van der Waals surface area contributed by atoms with Crippen molar-refractivity contribution < 1.29 is 29.0 Å². The molecule has 1 aromatic heterocycles. The molecule has 0 amide bonds. The van der Waals surface area contributed by atoms with E-state index in [1.807, 2.05) is 0 Å². The van der Waals surface area contributed by atoms with Gasteiger partial charge >= 0.3 is 17.6 Å². The molecule has 2 aromatic rings. The molecule has 0 aliphatic heterocycles. The van der Waals surface area contributed by atoms with E-state index in [1.54, 1.807) is 0 Å². The maximum atomic E-state index is 12.1. The highest BCUT2D eigenvalue weighted by Gasteiger charge is 2.26. The number of hydrogen-bond donors (Lipinski definition) is 2. The molecule has 0 spiro atoms. The van der Waals surface area contributed by atoms with E-state index in [4.69, 9.17) is 9.52 Å². The smallest absolute Gasteiger partial charge is 0.343 e. The molecule has 0 fully saturated rings. The van der Waals surface area contributed by atoms with E-state index in [1.165, 1.54) is 44.4 Å². The van der Waals surface area contributed by atoms with Crippen molar-refractivity contribution in [3.8, 4) is 5.75 Å². The third-order valence-corrected chi connectivity index (χ3v) is 3.60. The summed E-state index contributed by atoms with van der Waals surface area (Å²) < 4.78 is 9.65. The van der Waals surface area contributed by atoms with Crippen molar-refractivity contribution in [2.45, 2.75) is 19.3 Å². The van der Waals surface area contributed by atoms with Crippen LogP contribution in [-0.2, 0) is 9.53 Å². The number of benzene rings is 1. The van der Waals surface area contributed by atoms with Crippen molar-refractivity contribution in [2.24, 2.45) is 0 Å². The van der Waals surface area contributed by atoms with Gasteiger partial charge in [-0.25, -0.2) is 9.59 Å². The van der Waals surface area contributed by atoms with E-state index < -0.39 is 23.5 Å². The molecule has 0 saturated heterocycles.